The number of hydrogen-bond acceptors (Lipinski definition) is 8. The number of urea groups is 2. The number of hydrogen-bond donors (Lipinski definition) is 6. The van der Waals surface area contributed by atoms with E-state index in [0.717, 1.165) is 11.0 Å². The van der Waals surface area contributed by atoms with Crippen LogP contribution in [0.15, 0.2) is 30.3 Å². The van der Waals surface area contributed by atoms with Crippen LogP contribution in [0, 0.1) is 0 Å². The molecule has 2 atom stereocenters. The fourth-order valence-electron chi connectivity index (χ4n) is 4.19. The predicted molar refractivity (Wildman–Crippen MR) is 125 cm³/mol. The van der Waals surface area contributed by atoms with Crippen molar-refractivity contribution in [2.24, 2.45) is 0 Å². The number of rotatable bonds is 6. The molecule has 0 aromatic heterocycles. The minimum atomic E-state index is -1.52. The molecule has 2 heterocycles. The van der Waals surface area contributed by atoms with Crippen LogP contribution in [0.5, 0.6) is 17.2 Å². The SMILES string of the molecule is O=C(O)c1cccc2c1OB(O)[C@@H](CC(=O)C(NC(=O)N1CCNC1=O)c1ccc(O)c(O)c1Cl)C2. The number of carbonyl (C=O) groups excluding carboxylic acids is 3. The van der Waals surface area contributed by atoms with Gasteiger partial charge in [0.15, 0.2) is 17.3 Å². The largest absolute Gasteiger partial charge is 0.535 e. The normalized spacial score (nSPS) is 17.6. The van der Waals surface area contributed by atoms with E-state index in [0.29, 0.717) is 5.56 Å². The number of ketones is 1. The summed E-state index contributed by atoms with van der Waals surface area (Å²) in [6, 6.07) is 3.81. The highest BCUT2D eigenvalue weighted by molar-refractivity contribution is 6.47. The Hall–Kier alpha value is -3.97. The molecule has 2 aromatic rings. The molecule has 0 aliphatic carbocycles. The first-order valence-corrected chi connectivity index (χ1v) is 11.2. The van der Waals surface area contributed by atoms with E-state index >= 15 is 0 Å². The molecule has 4 amide bonds. The molecule has 0 spiro atoms. The Kier molecular flexibility index (Phi) is 6.95. The number of phenolic OH excluding ortho intramolecular Hbond substituents is 2. The average molecular weight is 518 g/mol. The lowest BCUT2D eigenvalue weighted by Crippen LogP contribution is -2.46. The molecule has 188 valence electrons. The van der Waals surface area contributed by atoms with Crippen LogP contribution in [0.4, 0.5) is 9.59 Å². The Morgan fingerprint density at radius 1 is 1.25 bits per heavy atom. The third kappa shape index (κ3) is 4.75. The molecule has 4 rings (SSSR count). The van der Waals surface area contributed by atoms with E-state index in [4.69, 9.17) is 16.3 Å². The number of halogens is 1. The van der Waals surface area contributed by atoms with Crippen molar-refractivity contribution in [3.05, 3.63) is 52.0 Å². The second-order valence-corrected chi connectivity index (χ2v) is 8.72. The number of carbonyl (C=O) groups is 4. The molecule has 36 heavy (non-hydrogen) atoms. The van der Waals surface area contributed by atoms with Gasteiger partial charge in [0.1, 0.15) is 11.8 Å². The number of nitrogens with one attached hydrogen (secondary N) is 2. The van der Waals surface area contributed by atoms with Crippen LogP contribution in [-0.4, -0.2) is 69.3 Å². The zero-order valence-electron chi connectivity index (χ0n) is 18.6. The van der Waals surface area contributed by atoms with E-state index < -0.39 is 54.3 Å². The first-order chi connectivity index (χ1) is 17.1. The van der Waals surface area contributed by atoms with Crippen molar-refractivity contribution in [2.75, 3.05) is 13.1 Å². The number of carboxylic acids is 1. The third-order valence-corrected chi connectivity index (χ3v) is 6.44. The van der Waals surface area contributed by atoms with E-state index in [1.54, 1.807) is 6.07 Å². The average Bonchev–Trinajstić information content (AvgIpc) is 3.27. The number of benzene rings is 2. The summed E-state index contributed by atoms with van der Waals surface area (Å²) in [5, 5.41) is 44.2. The molecular formula is C22H21BClN3O9. The maximum atomic E-state index is 13.4. The Bertz CT molecular complexity index is 1260. The predicted octanol–water partition coefficient (Wildman–Crippen LogP) is 1.67. The van der Waals surface area contributed by atoms with Crippen LogP contribution in [0.1, 0.15) is 33.9 Å². The molecule has 1 saturated heterocycles. The lowest BCUT2D eigenvalue weighted by molar-refractivity contribution is -0.121. The van der Waals surface area contributed by atoms with E-state index in [-0.39, 0.29) is 47.8 Å². The lowest BCUT2D eigenvalue weighted by Gasteiger charge is -2.29. The Morgan fingerprint density at radius 3 is 2.67 bits per heavy atom. The zero-order valence-corrected chi connectivity index (χ0v) is 19.4. The van der Waals surface area contributed by atoms with Crippen LogP contribution in [0.2, 0.25) is 10.8 Å². The van der Waals surface area contributed by atoms with Gasteiger partial charge in [-0.2, -0.15) is 0 Å². The molecule has 0 saturated carbocycles. The van der Waals surface area contributed by atoms with E-state index in [9.17, 15) is 39.5 Å². The summed E-state index contributed by atoms with van der Waals surface area (Å²) in [6.07, 6.45) is -0.236. The maximum Gasteiger partial charge on any atom is 0.526 e. The fraction of sp³-hybridized carbons (Fsp3) is 0.273. The Morgan fingerprint density at radius 2 is 2.00 bits per heavy atom. The summed E-state index contributed by atoms with van der Waals surface area (Å²) < 4.78 is 5.43. The second kappa shape index (κ2) is 9.95. The van der Waals surface area contributed by atoms with Crippen molar-refractivity contribution < 1.29 is 44.2 Å². The minimum absolute atomic E-state index is 0.0117. The van der Waals surface area contributed by atoms with E-state index in [2.05, 4.69) is 10.6 Å². The standard InChI is InChI=1S/C22H21BClN3O9/c24-16-12(4-5-14(28)18(16)30)17(26-22(34)27-7-6-25-21(27)33)15(29)9-11-8-10-2-1-3-13(20(31)32)19(10)36-23(11)35/h1-5,11,17,28,30,35H,6-9H2,(H,25,33)(H,26,34)(H,31,32)/t11-,17?/m1/s1. The van der Waals surface area contributed by atoms with Gasteiger partial charge in [0.25, 0.3) is 0 Å². The number of nitrogens with zero attached hydrogens (tertiary/aromatic N) is 1. The van der Waals surface area contributed by atoms with Gasteiger partial charge in [-0.15, -0.1) is 0 Å². The van der Waals surface area contributed by atoms with Crippen LogP contribution in [0.25, 0.3) is 0 Å². The van der Waals surface area contributed by atoms with Gasteiger partial charge in [-0.25, -0.2) is 19.3 Å². The van der Waals surface area contributed by atoms with Crippen molar-refractivity contribution in [3.63, 3.8) is 0 Å². The number of para-hydroxylation sites is 1. The van der Waals surface area contributed by atoms with Crippen molar-refractivity contribution in [1.82, 2.24) is 15.5 Å². The zero-order chi connectivity index (χ0) is 26.1. The summed E-state index contributed by atoms with van der Waals surface area (Å²) in [5.74, 6) is -3.91. The first kappa shape index (κ1) is 25.1. The lowest BCUT2D eigenvalue weighted by atomic mass is 9.64. The molecule has 12 nitrogen and oxygen atoms in total. The smallest absolute Gasteiger partial charge is 0.526 e. The number of carboxylic acid groups (broad SMARTS) is 1. The van der Waals surface area contributed by atoms with Gasteiger partial charge >= 0.3 is 25.1 Å². The number of fused-ring (bicyclic) bond motifs is 1. The second-order valence-electron chi connectivity index (χ2n) is 8.34. The molecule has 14 heteroatoms. The van der Waals surface area contributed by atoms with E-state index in [1.165, 1.54) is 18.2 Å². The molecule has 2 aliphatic heterocycles. The molecule has 0 bridgehead atoms. The first-order valence-electron chi connectivity index (χ1n) is 10.9. The highest BCUT2D eigenvalue weighted by atomic mass is 35.5. The monoisotopic (exact) mass is 517 g/mol. The quantitative estimate of drug-likeness (QED) is 0.245. The van der Waals surface area contributed by atoms with Gasteiger partial charge in [0, 0.05) is 30.9 Å². The number of Topliss-reactive ketones (excluding diaryl/α,β-unsaturated/α-hetero) is 1. The number of amides is 4. The molecule has 1 fully saturated rings. The van der Waals surface area contributed by atoms with Crippen LogP contribution in [-0.2, 0) is 11.2 Å². The van der Waals surface area contributed by atoms with Crippen molar-refractivity contribution in [3.8, 4) is 17.2 Å². The Labute approximate surface area is 209 Å². The number of imide groups is 1. The summed E-state index contributed by atoms with van der Waals surface area (Å²) in [6.45, 7) is 0.299. The summed E-state index contributed by atoms with van der Waals surface area (Å²) in [7, 11) is -1.52. The minimum Gasteiger partial charge on any atom is -0.535 e. The van der Waals surface area contributed by atoms with Gasteiger partial charge in [-0.3, -0.25) is 4.79 Å². The Balaban J connectivity index is 1.61. The van der Waals surface area contributed by atoms with Crippen molar-refractivity contribution in [1.29, 1.82) is 0 Å². The summed E-state index contributed by atoms with van der Waals surface area (Å²) in [5.41, 5.74) is 0.314. The molecular weight excluding hydrogens is 497 g/mol. The number of phenols is 2. The topological polar surface area (TPSA) is 186 Å². The molecule has 1 unspecified atom stereocenters. The number of aromatic carboxylic acids is 1. The molecule has 0 radical (unpaired) electrons. The van der Waals surface area contributed by atoms with Gasteiger partial charge in [0.2, 0.25) is 0 Å². The third-order valence-electron chi connectivity index (χ3n) is 6.04. The fourth-order valence-corrected chi connectivity index (χ4v) is 4.46. The van der Waals surface area contributed by atoms with Crippen molar-refractivity contribution >= 4 is 42.5 Å². The van der Waals surface area contributed by atoms with Gasteiger partial charge in [-0.1, -0.05) is 29.8 Å². The molecule has 6 N–H and O–H groups in total. The summed E-state index contributed by atoms with van der Waals surface area (Å²) >= 11 is 6.16. The highest BCUT2D eigenvalue weighted by Gasteiger charge is 2.40. The molecule has 2 aromatic carbocycles. The number of aromatic hydroxyl groups is 2. The van der Waals surface area contributed by atoms with Crippen LogP contribution in [0.3, 0.4) is 0 Å². The van der Waals surface area contributed by atoms with Gasteiger partial charge in [-0.05, 0) is 24.1 Å². The van der Waals surface area contributed by atoms with Gasteiger partial charge < -0.3 is 35.6 Å². The van der Waals surface area contributed by atoms with Crippen LogP contribution >= 0.6 is 11.6 Å². The van der Waals surface area contributed by atoms with E-state index in [1.807, 2.05) is 0 Å². The maximum absolute atomic E-state index is 13.4. The molecule has 2 aliphatic rings. The van der Waals surface area contributed by atoms with Crippen LogP contribution < -0.4 is 15.3 Å². The summed E-state index contributed by atoms with van der Waals surface area (Å²) in [4.78, 5) is 50.4. The highest BCUT2D eigenvalue weighted by Crippen LogP contribution is 2.41. The van der Waals surface area contributed by atoms with Gasteiger partial charge in [0.05, 0.1) is 10.6 Å². The van der Waals surface area contributed by atoms with Crippen molar-refractivity contribution in [2.45, 2.75) is 24.7 Å².